The number of amides is 2. The lowest BCUT2D eigenvalue weighted by Crippen LogP contribution is -2.48. The van der Waals surface area contributed by atoms with Crippen molar-refractivity contribution in [1.82, 2.24) is 4.90 Å². The molecular formula is C13H12FNO5. The lowest BCUT2D eigenvalue weighted by atomic mass is 10.1. The zero-order chi connectivity index (χ0) is 14.7. The van der Waals surface area contributed by atoms with Gasteiger partial charge in [-0.1, -0.05) is 0 Å². The number of ether oxygens (including phenoxy) is 2. The van der Waals surface area contributed by atoms with Gasteiger partial charge in [-0.15, -0.1) is 0 Å². The van der Waals surface area contributed by atoms with Crippen molar-refractivity contribution in [2.75, 3.05) is 26.9 Å². The molecule has 7 heteroatoms. The van der Waals surface area contributed by atoms with Crippen LogP contribution in [-0.2, 0) is 14.3 Å². The molecule has 2 rings (SSSR count). The van der Waals surface area contributed by atoms with Crippen LogP contribution >= 0.6 is 0 Å². The van der Waals surface area contributed by atoms with Gasteiger partial charge >= 0.3 is 0 Å². The van der Waals surface area contributed by atoms with E-state index >= 15 is 0 Å². The van der Waals surface area contributed by atoms with Crippen LogP contribution in [0.15, 0.2) is 18.2 Å². The fraction of sp³-hybridized carbons (Fsp3) is 0.308. The van der Waals surface area contributed by atoms with E-state index in [1.165, 1.54) is 13.2 Å². The average molecular weight is 281 g/mol. The maximum Gasteiger partial charge on any atom is 0.255 e. The molecule has 0 aromatic heterocycles. The molecule has 2 amide bonds. The zero-order valence-corrected chi connectivity index (χ0v) is 10.7. The summed E-state index contributed by atoms with van der Waals surface area (Å²) in [4.78, 5) is 35.9. The fourth-order valence-corrected chi connectivity index (χ4v) is 1.82. The number of halogens is 1. The first-order valence-electron chi connectivity index (χ1n) is 5.80. The Morgan fingerprint density at radius 2 is 2.00 bits per heavy atom. The Kier molecular flexibility index (Phi) is 4.09. The van der Waals surface area contributed by atoms with Gasteiger partial charge in [0.2, 0.25) is 0 Å². The van der Waals surface area contributed by atoms with Crippen LogP contribution in [-0.4, -0.2) is 49.4 Å². The molecule has 1 saturated heterocycles. The Bertz CT molecular complexity index is 556. The molecule has 1 aliphatic heterocycles. The van der Waals surface area contributed by atoms with Crippen molar-refractivity contribution < 1.29 is 28.2 Å². The number of nitrogens with zero attached hydrogens (tertiary/aromatic N) is 1. The van der Waals surface area contributed by atoms with Gasteiger partial charge in [0.1, 0.15) is 24.8 Å². The number of hydrogen-bond donors (Lipinski definition) is 0. The van der Waals surface area contributed by atoms with Gasteiger partial charge in [-0.25, -0.2) is 4.39 Å². The van der Waals surface area contributed by atoms with Gasteiger partial charge in [-0.3, -0.25) is 19.3 Å². The molecule has 1 aromatic carbocycles. The molecule has 1 heterocycles. The summed E-state index contributed by atoms with van der Waals surface area (Å²) < 4.78 is 22.9. The van der Waals surface area contributed by atoms with Crippen LogP contribution in [0.2, 0.25) is 0 Å². The van der Waals surface area contributed by atoms with Gasteiger partial charge in [-0.05, 0) is 18.2 Å². The third-order valence-electron chi connectivity index (χ3n) is 2.82. The smallest absolute Gasteiger partial charge is 0.255 e. The SMILES string of the molecule is COc1ccc(F)cc1C(=O)CN1C(=O)COCC1=O. The molecule has 20 heavy (non-hydrogen) atoms. The summed E-state index contributed by atoms with van der Waals surface area (Å²) in [7, 11) is 1.34. The average Bonchev–Trinajstić information content (AvgIpc) is 2.43. The standard InChI is InChI=1S/C13H12FNO5/c1-19-11-3-2-8(14)4-9(11)10(16)5-15-12(17)6-20-7-13(15)18/h2-4H,5-7H2,1H3. The van der Waals surface area contributed by atoms with Crippen LogP contribution in [0.5, 0.6) is 5.75 Å². The Hall–Kier alpha value is -2.28. The van der Waals surface area contributed by atoms with Gasteiger partial charge in [0.25, 0.3) is 11.8 Å². The van der Waals surface area contributed by atoms with Crippen LogP contribution < -0.4 is 4.74 Å². The molecular weight excluding hydrogens is 269 g/mol. The molecule has 0 unspecified atom stereocenters. The van der Waals surface area contributed by atoms with Crippen molar-refractivity contribution in [3.8, 4) is 5.75 Å². The molecule has 0 spiro atoms. The van der Waals surface area contributed by atoms with E-state index in [4.69, 9.17) is 9.47 Å². The highest BCUT2D eigenvalue weighted by Gasteiger charge is 2.29. The molecule has 0 aliphatic carbocycles. The number of morpholine rings is 1. The predicted octanol–water partition coefficient (Wildman–Crippen LogP) is 0.402. The molecule has 1 aliphatic rings. The highest BCUT2D eigenvalue weighted by Crippen LogP contribution is 2.20. The Labute approximate surface area is 114 Å². The molecule has 106 valence electrons. The summed E-state index contributed by atoms with van der Waals surface area (Å²) in [5.41, 5.74) is -0.0143. The third kappa shape index (κ3) is 2.83. The minimum absolute atomic E-state index is 0.0143. The first kappa shape index (κ1) is 14.1. The number of rotatable bonds is 4. The largest absolute Gasteiger partial charge is 0.496 e. The van der Waals surface area contributed by atoms with Crippen molar-refractivity contribution in [2.45, 2.75) is 0 Å². The number of ketones is 1. The molecule has 1 aromatic rings. The summed E-state index contributed by atoms with van der Waals surface area (Å²) in [6.07, 6.45) is 0. The van der Waals surface area contributed by atoms with Crippen LogP contribution in [0.1, 0.15) is 10.4 Å². The van der Waals surface area contributed by atoms with Gasteiger partial charge in [0.05, 0.1) is 19.2 Å². The molecule has 6 nitrogen and oxygen atoms in total. The van der Waals surface area contributed by atoms with Crippen molar-refractivity contribution in [3.63, 3.8) is 0 Å². The molecule has 0 atom stereocenters. The van der Waals surface area contributed by atoms with E-state index in [1.54, 1.807) is 0 Å². The lowest BCUT2D eigenvalue weighted by Gasteiger charge is -2.24. The van der Waals surface area contributed by atoms with Crippen LogP contribution in [0, 0.1) is 5.82 Å². The number of carbonyl (C=O) groups excluding carboxylic acids is 3. The predicted molar refractivity (Wildman–Crippen MR) is 64.8 cm³/mol. The van der Waals surface area contributed by atoms with Gasteiger partial charge in [0, 0.05) is 0 Å². The van der Waals surface area contributed by atoms with Gasteiger partial charge < -0.3 is 9.47 Å². The van der Waals surface area contributed by atoms with E-state index < -0.39 is 30.0 Å². The molecule has 1 fully saturated rings. The van der Waals surface area contributed by atoms with Gasteiger partial charge in [-0.2, -0.15) is 0 Å². The third-order valence-corrected chi connectivity index (χ3v) is 2.82. The van der Waals surface area contributed by atoms with E-state index in [9.17, 15) is 18.8 Å². The monoisotopic (exact) mass is 281 g/mol. The van der Waals surface area contributed by atoms with E-state index in [2.05, 4.69) is 0 Å². The summed E-state index contributed by atoms with van der Waals surface area (Å²) in [6.45, 7) is -0.959. The number of imide groups is 1. The Morgan fingerprint density at radius 1 is 1.35 bits per heavy atom. The molecule has 0 bridgehead atoms. The normalized spacial score (nSPS) is 15.4. The van der Waals surface area contributed by atoms with E-state index in [1.807, 2.05) is 0 Å². The van der Waals surface area contributed by atoms with Crippen molar-refractivity contribution >= 4 is 17.6 Å². The maximum absolute atomic E-state index is 13.2. The molecule has 0 saturated carbocycles. The minimum Gasteiger partial charge on any atom is -0.496 e. The fourth-order valence-electron chi connectivity index (χ4n) is 1.82. The molecule has 0 radical (unpaired) electrons. The Morgan fingerprint density at radius 3 is 2.60 bits per heavy atom. The first-order chi connectivity index (χ1) is 9.52. The van der Waals surface area contributed by atoms with Crippen LogP contribution in [0.4, 0.5) is 4.39 Å². The number of benzene rings is 1. The Balaban J connectivity index is 2.21. The summed E-state index contributed by atoms with van der Waals surface area (Å²) in [5, 5.41) is 0. The number of methoxy groups -OCH3 is 1. The first-order valence-corrected chi connectivity index (χ1v) is 5.80. The summed E-state index contributed by atoms with van der Waals surface area (Å²) >= 11 is 0. The van der Waals surface area contributed by atoms with Crippen LogP contribution in [0.3, 0.4) is 0 Å². The quantitative estimate of drug-likeness (QED) is 0.590. The number of Topliss-reactive ketones (excluding diaryl/α,β-unsaturated/α-hetero) is 1. The molecule has 0 N–H and O–H groups in total. The van der Waals surface area contributed by atoms with E-state index in [0.717, 1.165) is 17.0 Å². The zero-order valence-electron chi connectivity index (χ0n) is 10.7. The number of carbonyl (C=O) groups is 3. The highest BCUT2D eigenvalue weighted by atomic mass is 19.1. The minimum atomic E-state index is -0.603. The van der Waals surface area contributed by atoms with Crippen LogP contribution in [0.25, 0.3) is 0 Å². The maximum atomic E-state index is 13.2. The second kappa shape index (κ2) is 5.79. The summed E-state index contributed by atoms with van der Waals surface area (Å²) in [6, 6.07) is 3.47. The lowest BCUT2D eigenvalue weighted by molar-refractivity contribution is -0.157. The van der Waals surface area contributed by atoms with Crippen molar-refractivity contribution in [2.24, 2.45) is 0 Å². The highest BCUT2D eigenvalue weighted by molar-refractivity contribution is 6.06. The van der Waals surface area contributed by atoms with Crippen molar-refractivity contribution in [3.05, 3.63) is 29.6 Å². The number of hydrogen-bond acceptors (Lipinski definition) is 5. The van der Waals surface area contributed by atoms with Gasteiger partial charge in [0.15, 0.2) is 5.78 Å². The second-order valence-corrected chi connectivity index (χ2v) is 4.13. The van der Waals surface area contributed by atoms with E-state index in [0.29, 0.717) is 0 Å². The second-order valence-electron chi connectivity index (χ2n) is 4.13. The van der Waals surface area contributed by atoms with Crippen molar-refractivity contribution in [1.29, 1.82) is 0 Å². The van der Waals surface area contributed by atoms with E-state index in [-0.39, 0.29) is 24.5 Å². The topological polar surface area (TPSA) is 72.9 Å². The summed E-state index contributed by atoms with van der Waals surface area (Å²) in [5.74, 6) is -2.18.